The number of ether oxygens (including phenoxy) is 1. The quantitative estimate of drug-likeness (QED) is 0.347. The Hall–Kier alpha value is -4.22. The number of methoxy groups -OCH3 is 1. The topological polar surface area (TPSA) is 111 Å². The number of nitrogens with one attached hydrogen (secondary N) is 1. The number of hydrogen-bond acceptors (Lipinski definition) is 8. The SMILES string of the molecule is COc1ccc(N2C(=O)C3Sc4c(sc(=O)n4CC(=O)Nc4ccc(C)cc4)C(c4cccnc4)C3C2=O)cc1. The van der Waals surface area contributed by atoms with Crippen molar-refractivity contribution in [1.82, 2.24) is 9.55 Å². The van der Waals surface area contributed by atoms with Crippen LogP contribution >= 0.6 is 23.1 Å². The molecule has 3 atom stereocenters. The highest BCUT2D eigenvalue weighted by molar-refractivity contribution is 8.00. The number of aromatic nitrogens is 2. The maximum Gasteiger partial charge on any atom is 0.308 e. The standard InChI is InChI=1S/C29H24N4O5S2/c1-16-5-7-18(8-6-16)31-21(34)15-32-28-25(40-29(32)37)22(17-4-3-13-30-14-17)23-24(39-28)27(36)33(26(23)35)19-9-11-20(38-2)12-10-19/h3-14,22-24H,15H2,1-2H3,(H,31,34). The van der Waals surface area contributed by atoms with Crippen molar-refractivity contribution in [2.45, 2.75) is 29.7 Å². The Morgan fingerprint density at radius 2 is 1.77 bits per heavy atom. The van der Waals surface area contributed by atoms with Crippen LogP contribution in [0.3, 0.4) is 0 Å². The van der Waals surface area contributed by atoms with Gasteiger partial charge in [-0.1, -0.05) is 46.9 Å². The van der Waals surface area contributed by atoms with Crippen molar-refractivity contribution in [2.75, 3.05) is 17.3 Å². The zero-order valence-electron chi connectivity index (χ0n) is 21.6. The third kappa shape index (κ3) is 4.50. The van der Waals surface area contributed by atoms with Gasteiger partial charge in [-0.05, 0) is 55.0 Å². The van der Waals surface area contributed by atoms with Crippen LogP contribution in [-0.2, 0) is 20.9 Å². The summed E-state index contributed by atoms with van der Waals surface area (Å²) in [5.41, 5.74) is 2.87. The molecule has 0 spiro atoms. The summed E-state index contributed by atoms with van der Waals surface area (Å²) >= 11 is 2.18. The molecule has 2 aliphatic rings. The number of thiazole rings is 1. The third-order valence-corrected chi connectivity index (χ3v) is 9.66. The van der Waals surface area contributed by atoms with Crippen molar-refractivity contribution < 1.29 is 19.1 Å². The van der Waals surface area contributed by atoms with E-state index in [9.17, 15) is 19.2 Å². The molecule has 40 heavy (non-hydrogen) atoms. The summed E-state index contributed by atoms with van der Waals surface area (Å²) in [4.78, 5) is 59.6. The second kappa shape index (κ2) is 10.4. The molecule has 2 aliphatic heterocycles. The molecule has 0 bridgehead atoms. The molecule has 2 aromatic carbocycles. The largest absolute Gasteiger partial charge is 0.497 e. The van der Waals surface area contributed by atoms with Crippen LogP contribution in [0, 0.1) is 12.8 Å². The fraction of sp³-hybridized carbons (Fsp3) is 0.207. The number of pyridine rings is 1. The molecule has 2 aromatic heterocycles. The number of carbonyl (C=O) groups is 3. The van der Waals surface area contributed by atoms with Crippen molar-refractivity contribution >= 4 is 52.2 Å². The molecule has 1 fully saturated rings. The van der Waals surface area contributed by atoms with E-state index in [1.54, 1.807) is 62.0 Å². The molecule has 3 unspecified atom stereocenters. The Balaban J connectivity index is 1.38. The molecule has 1 N–H and O–H groups in total. The zero-order chi connectivity index (χ0) is 28.0. The number of rotatable bonds is 6. The van der Waals surface area contributed by atoms with Crippen LogP contribution in [-0.4, -0.2) is 39.6 Å². The first kappa shape index (κ1) is 26.0. The molecule has 4 aromatic rings. The van der Waals surface area contributed by atoms with Gasteiger partial charge in [-0.3, -0.25) is 28.7 Å². The van der Waals surface area contributed by atoms with E-state index in [-0.39, 0.29) is 29.1 Å². The maximum absolute atomic E-state index is 13.9. The van der Waals surface area contributed by atoms with Crippen molar-refractivity contribution in [1.29, 1.82) is 0 Å². The van der Waals surface area contributed by atoms with Gasteiger partial charge >= 0.3 is 4.87 Å². The molecule has 3 amide bonds. The second-order valence-corrected chi connectivity index (χ2v) is 11.7. The smallest absolute Gasteiger partial charge is 0.308 e. The minimum absolute atomic E-state index is 0.215. The molecule has 6 rings (SSSR count). The van der Waals surface area contributed by atoms with Crippen molar-refractivity contribution in [3.8, 4) is 5.75 Å². The van der Waals surface area contributed by atoms with Crippen LogP contribution in [0.25, 0.3) is 0 Å². The average Bonchev–Trinajstić information content (AvgIpc) is 3.41. The fourth-order valence-electron chi connectivity index (χ4n) is 5.14. The maximum atomic E-state index is 13.9. The molecule has 9 nitrogen and oxygen atoms in total. The molecule has 1 saturated heterocycles. The van der Waals surface area contributed by atoms with Gasteiger partial charge in [-0.25, -0.2) is 4.90 Å². The Kier molecular flexibility index (Phi) is 6.77. The number of anilines is 2. The van der Waals surface area contributed by atoms with Crippen molar-refractivity contribution in [3.63, 3.8) is 0 Å². The Labute approximate surface area is 237 Å². The summed E-state index contributed by atoms with van der Waals surface area (Å²) < 4.78 is 6.63. The van der Waals surface area contributed by atoms with Crippen LogP contribution in [0.1, 0.15) is 21.9 Å². The first-order valence-electron chi connectivity index (χ1n) is 12.5. The number of aryl methyl sites for hydroxylation is 1. The molecular weight excluding hydrogens is 548 g/mol. The number of thioether (sulfide) groups is 1. The van der Waals surface area contributed by atoms with E-state index in [2.05, 4.69) is 10.3 Å². The molecule has 4 heterocycles. The summed E-state index contributed by atoms with van der Waals surface area (Å²) in [5.74, 6) is -1.74. The van der Waals surface area contributed by atoms with E-state index in [1.807, 2.05) is 25.1 Å². The predicted octanol–water partition coefficient (Wildman–Crippen LogP) is 4.06. The molecule has 0 aliphatic carbocycles. The summed E-state index contributed by atoms with van der Waals surface area (Å²) in [6, 6.07) is 17.7. The van der Waals surface area contributed by atoms with Crippen LogP contribution in [0.5, 0.6) is 5.75 Å². The van der Waals surface area contributed by atoms with E-state index < -0.39 is 17.1 Å². The minimum atomic E-state index is -0.771. The van der Waals surface area contributed by atoms with Crippen LogP contribution in [0.4, 0.5) is 11.4 Å². The van der Waals surface area contributed by atoms with Gasteiger partial charge in [0.05, 0.1) is 23.7 Å². The molecule has 11 heteroatoms. The number of benzene rings is 2. The molecular formula is C29H24N4O5S2. The van der Waals surface area contributed by atoms with Crippen molar-refractivity contribution in [3.05, 3.63) is 98.7 Å². The lowest BCUT2D eigenvalue weighted by atomic mass is 9.84. The van der Waals surface area contributed by atoms with E-state index in [0.29, 0.717) is 27.0 Å². The number of hydrogen-bond donors (Lipinski definition) is 1. The van der Waals surface area contributed by atoms with E-state index in [0.717, 1.165) is 22.5 Å². The highest BCUT2D eigenvalue weighted by atomic mass is 32.2. The van der Waals surface area contributed by atoms with Gasteiger partial charge < -0.3 is 10.1 Å². The number of fused-ring (bicyclic) bond motifs is 2. The summed E-state index contributed by atoms with van der Waals surface area (Å²) in [7, 11) is 1.55. The van der Waals surface area contributed by atoms with Gasteiger partial charge in [-0.15, -0.1) is 0 Å². The van der Waals surface area contributed by atoms with Gasteiger partial charge in [0.15, 0.2) is 0 Å². The first-order chi connectivity index (χ1) is 19.4. The normalized spacial score (nSPS) is 19.8. The number of nitrogens with zero attached hydrogens (tertiary/aromatic N) is 3. The monoisotopic (exact) mass is 572 g/mol. The third-order valence-electron chi connectivity index (χ3n) is 7.06. The number of imide groups is 1. The van der Waals surface area contributed by atoms with Crippen LogP contribution in [0.2, 0.25) is 0 Å². The lowest BCUT2D eigenvalue weighted by molar-refractivity contribution is -0.122. The summed E-state index contributed by atoms with van der Waals surface area (Å²) in [6.07, 6.45) is 3.29. The first-order valence-corrected chi connectivity index (χ1v) is 14.2. The number of amides is 3. The number of carbonyl (C=O) groups excluding carboxylic acids is 3. The average molecular weight is 573 g/mol. The minimum Gasteiger partial charge on any atom is -0.497 e. The van der Waals surface area contributed by atoms with Crippen molar-refractivity contribution in [2.24, 2.45) is 5.92 Å². The van der Waals surface area contributed by atoms with Crippen LogP contribution < -0.4 is 19.8 Å². The Bertz CT molecular complexity index is 1670. The lowest BCUT2D eigenvalue weighted by Crippen LogP contribution is -2.33. The van der Waals surface area contributed by atoms with E-state index in [1.165, 1.54) is 21.2 Å². The van der Waals surface area contributed by atoms with Gasteiger partial charge in [0.2, 0.25) is 17.7 Å². The highest BCUT2D eigenvalue weighted by Crippen LogP contribution is 2.53. The van der Waals surface area contributed by atoms with Gasteiger partial charge in [0.25, 0.3) is 0 Å². The fourth-order valence-corrected chi connectivity index (χ4v) is 7.91. The Morgan fingerprint density at radius 3 is 2.45 bits per heavy atom. The molecule has 0 saturated carbocycles. The molecule has 0 radical (unpaired) electrons. The lowest BCUT2D eigenvalue weighted by Gasteiger charge is -2.30. The predicted molar refractivity (Wildman–Crippen MR) is 153 cm³/mol. The van der Waals surface area contributed by atoms with Gasteiger partial charge in [0, 0.05) is 28.9 Å². The summed E-state index contributed by atoms with van der Waals surface area (Å²) in [6.45, 7) is 1.74. The highest BCUT2D eigenvalue weighted by Gasteiger charge is 2.56. The second-order valence-electron chi connectivity index (χ2n) is 9.58. The van der Waals surface area contributed by atoms with Crippen LogP contribution in [0.15, 0.2) is 82.9 Å². The summed E-state index contributed by atoms with van der Waals surface area (Å²) in [5, 5.41) is 2.59. The van der Waals surface area contributed by atoms with E-state index in [4.69, 9.17) is 4.74 Å². The van der Waals surface area contributed by atoms with Gasteiger partial charge in [0.1, 0.15) is 17.5 Å². The Morgan fingerprint density at radius 1 is 1.02 bits per heavy atom. The van der Waals surface area contributed by atoms with Gasteiger partial charge in [-0.2, -0.15) is 0 Å². The molecule has 202 valence electrons. The van der Waals surface area contributed by atoms with E-state index >= 15 is 0 Å². The zero-order valence-corrected chi connectivity index (χ0v) is 23.2.